The Morgan fingerprint density at radius 3 is 2.95 bits per heavy atom. The summed E-state index contributed by atoms with van der Waals surface area (Å²) >= 11 is 0. The molecular formula is C17H24N4O. The van der Waals surface area contributed by atoms with Crippen LogP contribution in [0.15, 0.2) is 29.2 Å². The average Bonchev–Trinajstić information content (AvgIpc) is 2.44. The van der Waals surface area contributed by atoms with Gasteiger partial charge in [0.25, 0.3) is 5.56 Å². The number of likely N-dealkylation sites (tertiary alicyclic amines) is 1. The fourth-order valence-corrected chi connectivity index (χ4v) is 3.24. The molecule has 5 nitrogen and oxygen atoms in total. The third-order valence-corrected chi connectivity index (χ3v) is 4.72. The van der Waals surface area contributed by atoms with E-state index in [1.807, 2.05) is 19.1 Å². The van der Waals surface area contributed by atoms with Crippen molar-refractivity contribution in [2.45, 2.75) is 39.8 Å². The average molecular weight is 300 g/mol. The third kappa shape index (κ3) is 2.78. The van der Waals surface area contributed by atoms with Gasteiger partial charge in [-0.1, -0.05) is 19.9 Å². The van der Waals surface area contributed by atoms with Gasteiger partial charge in [-0.15, -0.1) is 0 Å². The Morgan fingerprint density at radius 2 is 2.23 bits per heavy atom. The van der Waals surface area contributed by atoms with Crippen LogP contribution in [0.1, 0.15) is 31.5 Å². The predicted octanol–water partition coefficient (Wildman–Crippen LogP) is 1.56. The monoisotopic (exact) mass is 300 g/mol. The molecule has 3 heterocycles. The molecule has 0 aromatic carbocycles. The maximum absolute atomic E-state index is 12.3. The fourth-order valence-electron chi connectivity index (χ4n) is 3.24. The van der Waals surface area contributed by atoms with E-state index in [-0.39, 0.29) is 17.0 Å². The molecule has 5 heteroatoms. The molecule has 1 saturated heterocycles. The lowest BCUT2D eigenvalue weighted by molar-refractivity contribution is 0.0889. The topological polar surface area (TPSA) is 63.6 Å². The van der Waals surface area contributed by atoms with Gasteiger partial charge in [-0.3, -0.25) is 14.1 Å². The highest BCUT2D eigenvalue weighted by atomic mass is 16.1. The molecule has 0 aliphatic carbocycles. The second kappa shape index (κ2) is 5.48. The molecule has 1 aliphatic heterocycles. The zero-order chi connectivity index (χ0) is 15.9. The summed E-state index contributed by atoms with van der Waals surface area (Å²) in [6.45, 7) is 8.99. The highest BCUT2D eigenvalue weighted by molar-refractivity contribution is 5.46. The second-order valence-electron chi connectivity index (χ2n) is 7.06. The quantitative estimate of drug-likeness (QED) is 0.914. The van der Waals surface area contributed by atoms with Gasteiger partial charge < -0.3 is 5.73 Å². The van der Waals surface area contributed by atoms with E-state index < -0.39 is 0 Å². The summed E-state index contributed by atoms with van der Waals surface area (Å²) in [7, 11) is 0. The molecule has 0 spiro atoms. The molecule has 22 heavy (non-hydrogen) atoms. The van der Waals surface area contributed by atoms with E-state index in [0.29, 0.717) is 6.54 Å². The van der Waals surface area contributed by atoms with Crippen molar-refractivity contribution in [3.63, 3.8) is 0 Å². The number of nitrogens with two attached hydrogens (primary N) is 1. The number of rotatable bonds is 2. The maximum Gasteiger partial charge on any atom is 0.258 e. The standard InChI is InChI=1S/C17H24N4O/c1-12-5-4-7-21-15(22)9-13(19-16(12)21)10-20-8-6-14(18)17(2,3)11-20/h4-5,7,9,14H,6,8,10-11,18H2,1-3H3. The summed E-state index contributed by atoms with van der Waals surface area (Å²) in [6.07, 6.45) is 2.75. The number of aromatic nitrogens is 2. The SMILES string of the molecule is Cc1cccn2c(=O)cc(CN3CCC(N)C(C)(C)C3)nc12. The molecular weight excluding hydrogens is 276 g/mol. The van der Waals surface area contributed by atoms with Crippen molar-refractivity contribution in [3.8, 4) is 0 Å². The number of nitrogens with zero attached hydrogens (tertiary/aromatic N) is 3. The van der Waals surface area contributed by atoms with Gasteiger partial charge >= 0.3 is 0 Å². The summed E-state index contributed by atoms with van der Waals surface area (Å²) < 4.78 is 1.61. The first-order chi connectivity index (χ1) is 10.4. The minimum absolute atomic E-state index is 0.0170. The Labute approximate surface area is 130 Å². The van der Waals surface area contributed by atoms with Gasteiger partial charge in [-0.2, -0.15) is 0 Å². The number of piperidine rings is 1. The number of pyridine rings is 1. The summed E-state index contributed by atoms with van der Waals surface area (Å²) in [5, 5.41) is 0. The number of hydrogen-bond donors (Lipinski definition) is 1. The molecule has 2 aromatic rings. The first kappa shape index (κ1) is 15.2. The smallest absolute Gasteiger partial charge is 0.258 e. The van der Waals surface area contributed by atoms with E-state index in [9.17, 15) is 4.79 Å². The third-order valence-electron chi connectivity index (χ3n) is 4.72. The van der Waals surface area contributed by atoms with Gasteiger partial charge in [0.2, 0.25) is 0 Å². The zero-order valence-corrected chi connectivity index (χ0v) is 13.5. The van der Waals surface area contributed by atoms with Crippen LogP contribution in [0.25, 0.3) is 5.65 Å². The first-order valence-electron chi connectivity index (χ1n) is 7.83. The molecule has 0 radical (unpaired) electrons. The summed E-state index contributed by atoms with van der Waals surface area (Å²) in [5.41, 5.74) is 8.87. The summed E-state index contributed by atoms with van der Waals surface area (Å²) in [5.74, 6) is 0. The normalized spacial score (nSPS) is 22.1. The van der Waals surface area contributed by atoms with Crippen molar-refractivity contribution in [3.05, 3.63) is 46.0 Å². The van der Waals surface area contributed by atoms with E-state index >= 15 is 0 Å². The van der Waals surface area contributed by atoms with Crippen LogP contribution in [0.2, 0.25) is 0 Å². The maximum atomic E-state index is 12.3. The van der Waals surface area contributed by atoms with Crippen LogP contribution in [-0.4, -0.2) is 33.4 Å². The Bertz CT molecular complexity index is 750. The van der Waals surface area contributed by atoms with Gasteiger partial charge in [0.05, 0.1) is 5.69 Å². The van der Waals surface area contributed by atoms with Crippen molar-refractivity contribution in [1.82, 2.24) is 14.3 Å². The molecule has 0 bridgehead atoms. The number of hydrogen-bond acceptors (Lipinski definition) is 4. The van der Waals surface area contributed by atoms with Crippen molar-refractivity contribution in [2.24, 2.45) is 11.1 Å². The Morgan fingerprint density at radius 1 is 1.45 bits per heavy atom. The molecule has 0 saturated carbocycles. The molecule has 118 valence electrons. The van der Waals surface area contributed by atoms with Crippen LogP contribution < -0.4 is 11.3 Å². The van der Waals surface area contributed by atoms with Crippen LogP contribution in [0.3, 0.4) is 0 Å². The first-order valence-corrected chi connectivity index (χ1v) is 7.83. The van der Waals surface area contributed by atoms with Crippen molar-refractivity contribution < 1.29 is 0 Å². The van der Waals surface area contributed by atoms with Crippen molar-refractivity contribution >= 4 is 5.65 Å². The second-order valence-corrected chi connectivity index (χ2v) is 7.06. The zero-order valence-electron chi connectivity index (χ0n) is 13.5. The van der Waals surface area contributed by atoms with E-state index in [0.717, 1.165) is 36.4 Å². The minimum Gasteiger partial charge on any atom is -0.327 e. The highest BCUT2D eigenvalue weighted by Crippen LogP contribution is 2.28. The minimum atomic E-state index is -0.0170. The van der Waals surface area contributed by atoms with Crippen LogP contribution in [0.5, 0.6) is 0 Å². The van der Waals surface area contributed by atoms with Gasteiger partial charge in [0.1, 0.15) is 5.65 Å². The van der Waals surface area contributed by atoms with Crippen LogP contribution in [-0.2, 0) is 6.54 Å². The summed E-state index contributed by atoms with van der Waals surface area (Å²) in [4.78, 5) is 19.3. The Hall–Kier alpha value is -1.72. The van der Waals surface area contributed by atoms with Gasteiger partial charge in [-0.05, 0) is 30.4 Å². The van der Waals surface area contributed by atoms with Crippen molar-refractivity contribution in [1.29, 1.82) is 0 Å². The van der Waals surface area contributed by atoms with Crippen LogP contribution >= 0.6 is 0 Å². The fraction of sp³-hybridized carbons (Fsp3) is 0.529. The van der Waals surface area contributed by atoms with E-state index in [2.05, 4.69) is 23.7 Å². The van der Waals surface area contributed by atoms with Gasteiger partial charge in [-0.25, -0.2) is 4.98 Å². The number of aryl methyl sites for hydroxylation is 1. The van der Waals surface area contributed by atoms with E-state index in [1.54, 1.807) is 16.7 Å². The lowest BCUT2D eigenvalue weighted by Gasteiger charge is -2.42. The molecule has 2 aromatic heterocycles. The lowest BCUT2D eigenvalue weighted by Crippen LogP contribution is -2.52. The molecule has 1 aliphatic rings. The molecule has 1 unspecified atom stereocenters. The number of fused-ring (bicyclic) bond motifs is 1. The largest absolute Gasteiger partial charge is 0.327 e. The molecule has 1 atom stereocenters. The van der Waals surface area contributed by atoms with Gasteiger partial charge in [0.15, 0.2) is 0 Å². The van der Waals surface area contributed by atoms with Gasteiger partial charge in [0, 0.05) is 37.9 Å². The Balaban J connectivity index is 1.89. The Kier molecular flexibility index (Phi) is 3.78. The van der Waals surface area contributed by atoms with Crippen LogP contribution in [0.4, 0.5) is 0 Å². The van der Waals surface area contributed by atoms with Crippen molar-refractivity contribution in [2.75, 3.05) is 13.1 Å². The molecule has 2 N–H and O–H groups in total. The predicted molar refractivity (Wildman–Crippen MR) is 87.8 cm³/mol. The highest BCUT2D eigenvalue weighted by Gasteiger charge is 2.33. The van der Waals surface area contributed by atoms with Crippen LogP contribution in [0, 0.1) is 12.3 Å². The van der Waals surface area contributed by atoms with E-state index in [4.69, 9.17) is 5.73 Å². The van der Waals surface area contributed by atoms with E-state index in [1.165, 1.54) is 0 Å². The molecule has 0 amide bonds. The lowest BCUT2D eigenvalue weighted by atomic mass is 9.80. The molecule has 3 rings (SSSR count). The molecule has 1 fully saturated rings. The summed E-state index contributed by atoms with van der Waals surface area (Å²) in [6, 6.07) is 5.74.